The Morgan fingerprint density at radius 1 is 1.09 bits per heavy atom. The van der Waals surface area contributed by atoms with E-state index < -0.39 is 10.0 Å². The Hall–Kier alpha value is -2.34. The van der Waals surface area contributed by atoms with Crippen molar-refractivity contribution in [1.29, 1.82) is 0 Å². The van der Waals surface area contributed by atoms with Gasteiger partial charge in [0.2, 0.25) is 0 Å². The average molecular weight is 313 g/mol. The first-order valence-corrected chi connectivity index (χ1v) is 8.68. The summed E-state index contributed by atoms with van der Waals surface area (Å²) < 4.78 is 29.7. The van der Waals surface area contributed by atoms with Crippen molar-refractivity contribution in [3.8, 4) is 0 Å². The van der Waals surface area contributed by atoms with Crippen LogP contribution in [0, 0.1) is 0 Å². The molecular formula is C16H15N3O2S. The number of nitrogens with zero attached hydrogens (tertiary/aromatic N) is 2. The van der Waals surface area contributed by atoms with Crippen LogP contribution in [0.1, 0.15) is 17.5 Å². The van der Waals surface area contributed by atoms with Gasteiger partial charge in [-0.05, 0) is 54.7 Å². The molecule has 0 aliphatic heterocycles. The Labute approximate surface area is 128 Å². The first-order chi connectivity index (χ1) is 10.6. The van der Waals surface area contributed by atoms with Gasteiger partial charge in [0.05, 0.1) is 10.6 Å². The highest BCUT2D eigenvalue weighted by Gasteiger charge is 2.19. The fourth-order valence-corrected chi connectivity index (χ4v) is 4.06. The summed E-state index contributed by atoms with van der Waals surface area (Å²) in [5.41, 5.74) is 3.47. The lowest BCUT2D eigenvalue weighted by atomic mass is 10.1. The van der Waals surface area contributed by atoms with Crippen molar-refractivity contribution < 1.29 is 8.42 Å². The third-order valence-electron chi connectivity index (χ3n) is 4.04. The van der Waals surface area contributed by atoms with Crippen molar-refractivity contribution in [3.63, 3.8) is 0 Å². The van der Waals surface area contributed by atoms with E-state index in [-0.39, 0.29) is 0 Å². The van der Waals surface area contributed by atoms with Crippen molar-refractivity contribution in [2.75, 3.05) is 4.72 Å². The predicted octanol–water partition coefficient (Wildman–Crippen LogP) is 2.62. The normalized spacial score (nSPS) is 14.2. The topological polar surface area (TPSA) is 63.5 Å². The van der Waals surface area contributed by atoms with Gasteiger partial charge in [0.25, 0.3) is 10.0 Å². The molecule has 0 saturated carbocycles. The summed E-state index contributed by atoms with van der Waals surface area (Å²) in [6.07, 6.45) is 8.34. The Balaban J connectivity index is 1.74. The molecule has 4 rings (SSSR count). The molecule has 0 atom stereocenters. The lowest BCUT2D eigenvalue weighted by Crippen LogP contribution is -2.14. The number of imidazole rings is 1. The highest BCUT2D eigenvalue weighted by molar-refractivity contribution is 7.92. The van der Waals surface area contributed by atoms with Gasteiger partial charge in [-0.1, -0.05) is 6.07 Å². The van der Waals surface area contributed by atoms with Crippen molar-refractivity contribution >= 4 is 21.4 Å². The molecule has 0 bridgehead atoms. The van der Waals surface area contributed by atoms with Crippen LogP contribution in [-0.2, 0) is 22.9 Å². The molecule has 6 heteroatoms. The van der Waals surface area contributed by atoms with Crippen molar-refractivity contribution in [3.05, 3.63) is 60.0 Å². The predicted molar refractivity (Wildman–Crippen MR) is 84.5 cm³/mol. The smallest absolute Gasteiger partial charge is 0.262 e. The van der Waals surface area contributed by atoms with Crippen LogP contribution in [0.4, 0.5) is 5.69 Å². The molecule has 1 aliphatic rings. The Bertz CT molecular complexity index is 960. The van der Waals surface area contributed by atoms with Gasteiger partial charge in [-0.2, -0.15) is 0 Å². The zero-order valence-corrected chi connectivity index (χ0v) is 12.7. The van der Waals surface area contributed by atoms with Crippen molar-refractivity contribution in [2.45, 2.75) is 24.2 Å². The summed E-state index contributed by atoms with van der Waals surface area (Å²) >= 11 is 0. The van der Waals surface area contributed by atoms with Gasteiger partial charge in [-0.3, -0.25) is 4.72 Å². The first kappa shape index (κ1) is 13.3. The number of nitrogens with one attached hydrogen (secondary N) is 1. The minimum Gasteiger partial charge on any atom is -0.305 e. The van der Waals surface area contributed by atoms with Crippen LogP contribution in [0.2, 0.25) is 0 Å². The van der Waals surface area contributed by atoms with Gasteiger partial charge in [0.15, 0.2) is 5.65 Å². The van der Waals surface area contributed by atoms with E-state index in [0.717, 1.165) is 24.8 Å². The van der Waals surface area contributed by atoms with E-state index in [1.807, 2.05) is 12.3 Å². The van der Waals surface area contributed by atoms with E-state index in [1.165, 1.54) is 5.56 Å². The summed E-state index contributed by atoms with van der Waals surface area (Å²) in [7, 11) is -3.61. The van der Waals surface area contributed by atoms with Gasteiger partial charge in [0.1, 0.15) is 0 Å². The van der Waals surface area contributed by atoms with Gasteiger partial charge in [-0.25, -0.2) is 13.4 Å². The van der Waals surface area contributed by atoms with Crippen LogP contribution < -0.4 is 4.72 Å². The zero-order chi connectivity index (χ0) is 15.2. The number of benzene rings is 1. The summed E-state index contributed by atoms with van der Waals surface area (Å²) in [6.45, 7) is 0. The molecule has 2 heterocycles. The largest absolute Gasteiger partial charge is 0.305 e. The minimum absolute atomic E-state index is 0.307. The number of hydrogen-bond donors (Lipinski definition) is 1. The molecule has 0 amide bonds. The summed E-state index contributed by atoms with van der Waals surface area (Å²) in [5.74, 6) is 0. The first-order valence-electron chi connectivity index (χ1n) is 7.20. The van der Waals surface area contributed by atoms with Crippen LogP contribution in [0.15, 0.2) is 53.8 Å². The molecule has 0 unspecified atom stereocenters. The molecule has 5 nitrogen and oxygen atoms in total. The molecule has 3 aromatic rings. The number of aromatic nitrogens is 2. The zero-order valence-electron chi connectivity index (χ0n) is 11.9. The molecule has 22 heavy (non-hydrogen) atoms. The second-order valence-corrected chi connectivity index (χ2v) is 7.15. The highest BCUT2D eigenvalue weighted by Crippen LogP contribution is 2.26. The van der Waals surface area contributed by atoms with E-state index >= 15 is 0 Å². The van der Waals surface area contributed by atoms with Crippen molar-refractivity contribution in [2.24, 2.45) is 0 Å². The monoisotopic (exact) mass is 313 g/mol. The molecule has 1 aliphatic carbocycles. The molecular weight excluding hydrogens is 298 g/mol. The van der Waals surface area contributed by atoms with E-state index in [9.17, 15) is 8.42 Å². The second kappa shape index (κ2) is 4.84. The van der Waals surface area contributed by atoms with E-state index in [2.05, 4.69) is 9.71 Å². The Morgan fingerprint density at radius 2 is 1.95 bits per heavy atom. The Morgan fingerprint density at radius 3 is 2.86 bits per heavy atom. The van der Waals surface area contributed by atoms with Crippen LogP contribution in [0.3, 0.4) is 0 Å². The minimum atomic E-state index is -3.61. The van der Waals surface area contributed by atoms with Crippen LogP contribution in [0.5, 0.6) is 0 Å². The number of hydrogen-bond acceptors (Lipinski definition) is 3. The maximum absolute atomic E-state index is 12.6. The summed E-state index contributed by atoms with van der Waals surface area (Å²) in [4.78, 5) is 4.50. The van der Waals surface area contributed by atoms with Crippen LogP contribution in [0.25, 0.3) is 5.65 Å². The molecule has 112 valence electrons. The average Bonchev–Trinajstić information content (AvgIpc) is 3.15. The maximum atomic E-state index is 12.6. The van der Waals surface area contributed by atoms with E-state index in [1.54, 1.807) is 41.1 Å². The fraction of sp³-hybridized carbons (Fsp3) is 0.188. The van der Waals surface area contributed by atoms with Gasteiger partial charge >= 0.3 is 0 Å². The van der Waals surface area contributed by atoms with E-state index in [4.69, 9.17) is 0 Å². The molecule has 1 N–H and O–H groups in total. The van der Waals surface area contributed by atoms with Crippen LogP contribution in [-0.4, -0.2) is 17.8 Å². The van der Waals surface area contributed by atoms with Crippen LogP contribution >= 0.6 is 0 Å². The highest BCUT2D eigenvalue weighted by atomic mass is 32.2. The number of rotatable bonds is 3. The van der Waals surface area contributed by atoms with Crippen molar-refractivity contribution in [1.82, 2.24) is 9.38 Å². The van der Waals surface area contributed by atoms with E-state index in [0.29, 0.717) is 16.2 Å². The molecule has 2 aromatic heterocycles. The second-order valence-electron chi connectivity index (χ2n) is 5.47. The van der Waals surface area contributed by atoms with Gasteiger partial charge < -0.3 is 4.40 Å². The quantitative estimate of drug-likeness (QED) is 0.808. The summed E-state index contributed by atoms with van der Waals surface area (Å²) in [5, 5.41) is 0. The molecule has 1 aromatic carbocycles. The maximum Gasteiger partial charge on any atom is 0.262 e. The number of pyridine rings is 1. The molecule has 0 saturated heterocycles. The third kappa shape index (κ3) is 2.16. The number of fused-ring (bicyclic) bond motifs is 2. The van der Waals surface area contributed by atoms with Gasteiger partial charge in [0, 0.05) is 18.6 Å². The number of sulfonamides is 1. The number of aryl methyl sites for hydroxylation is 2. The SMILES string of the molecule is O=S(=O)(Nc1cccn2ccnc12)c1ccc2c(c1)CCC2. The third-order valence-corrected chi connectivity index (χ3v) is 5.41. The summed E-state index contributed by atoms with van der Waals surface area (Å²) in [6, 6.07) is 8.89. The lowest BCUT2D eigenvalue weighted by molar-refractivity contribution is 0.601. The number of anilines is 1. The van der Waals surface area contributed by atoms with Gasteiger partial charge in [-0.15, -0.1) is 0 Å². The lowest BCUT2D eigenvalue weighted by Gasteiger charge is -2.10. The standard InChI is InChI=1S/C16H15N3O2S/c20-22(21,14-7-6-12-3-1-4-13(12)11-14)18-15-5-2-9-19-10-8-17-16(15)19/h2,5-11,18H,1,3-4H2. The molecule has 0 fully saturated rings. The molecule has 0 spiro atoms. The fourth-order valence-electron chi connectivity index (χ4n) is 2.95. The Kier molecular flexibility index (Phi) is 2.94. The molecule has 0 radical (unpaired) electrons.